The maximum atomic E-state index is 10.9. The zero-order valence-electron chi connectivity index (χ0n) is 9.65. The van der Waals surface area contributed by atoms with Crippen LogP contribution in [0.4, 0.5) is 5.82 Å². The van der Waals surface area contributed by atoms with Crippen LogP contribution >= 0.6 is 11.8 Å². The molecule has 16 heavy (non-hydrogen) atoms. The number of nitrogens with one attached hydrogen (secondary N) is 1. The molecule has 0 aromatic carbocycles. The van der Waals surface area contributed by atoms with Crippen LogP contribution in [0, 0.1) is 0 Å². The van der Waals surface area contributed by atoms with Crippen LogP contribution in [0.1, 0.15) is 24.2 Å². The summed E-state index contributed by atoms with van der Waals surface area (Å²) in [6.07, 6.45) is 3.61. The van der Waals surface area contributed by atoms with Crippen LogP contribution in [-0.4, -0.2) is 33.6 Å². The number of pyridine rings is 1. The Morgan fingerprint density at radius 1 is 1.62 bits per heavy atom. The van der Waals surface area contributed by atoms with Crippen molar-refractivity contribution in [1.29, 1.82) is 0 Å². The summed E-state index contributed by atoms with van der Waals surface area (Å²) in [6, 6.07) is 3.16. The van der Waals surface area contributed by atoms with Crippen molar-refractivity contribution in [3.05, 3.63) is 23.9 Å². The van der Waals surface area contributed by atoms with Crippen LogP contribution in [0.25, 0.3) is 0 Å². The molecule has 0 bridgehead atoms. The highest BCUT2D eigenvalue weighted by Crippen LogP contribution is 2.22. The van der Waals surface area contributed by atoms with E-state index in [1.165, 1.54) is 0 Å². The third-order valence-electron chi connectivity index (χ3n) is 2.27. The minimum Gasteiger partial charge on any atom is -0.478 e. The Morgan fingerprint density at radius 2 is 2.31 bits per heavy atom. The Morgan fingerprint density at radius 3 is 2.88 bits per heavy atom. The zero-order chi connectivity index (χ0) is 12.2. The Bertz CT molecular complexity index is 380. The summed E-state index contributed by atoms with van der Waals surface area (Å²) in [5.41, 5.74) is 0.208. The molecule has 0 unspecified atom stereocenters. The molecule has 4 nitrogen and oxygen atoms in total. The minimum absolute atomic E-state index is 0.0489. The quantitative estimate of drug-likeness (QED) is 0.827. The summed E-state index contributed by atoms with van der Waals surface area (Å²) < 4.78 is 0.0489. The summed E-state index contributed by atoms with van der Waals surface area (Å²) in [6.45, 7) is 4.85. The van der Waals surface area contributed by atoms with Crippen molar-refractivity contribution in [2.75, 3.05) is 18.1 Å². The van der Waals surface area contributed by atoms with Gasteiger partial charge in [-0.3, -0.25) is 0 Å². The minimum atomic E-state index is -0.961. The first-order valence-corrected chi connectivity index (χ1v) is 6.16. The number of aromatic nitrogens is 1. The molecule has 0 radical (unpaired) electrons. The maximum absolute atomic E-state index is 10.9. The number of carbonyl (C=O) groups is 1. The van der Waals surface area contributed by atoms with Gasteiger partial charge in [0.2, 0.25) is 0 Å². The fourth-order valence-corrected chi connectivity index (χ4v) is 1.30. The van der Waals surface area contributed by atoms with Crippen LogP contribution in [0.3, 0.4) is 0 Å². The predicted octanol–water partition coefficient (Wildman–Crippen LogP) is 2.33. The summed E-state index contributed by atoms with van der Waals surface area (Å²) in [4.78, 5) is 15.0. The molecule has 0 aliphatic heterocycles. The number of rotatable bonds is 5. The molecule has 88 valence electrons. The van der Waals surface area contributed by atoms with Crippen molar-refractivity contribution in [3.63, 3.8) is 0 Å². The van der Waals surface area contributed by atoms with E-state index in [9.17, 15) is 4.79 Å². The second-order valence-electron chi connectivity index (χ2n) is 4.02. The standard InChI is InChI=1S/C11H16N2O2S/c1-11(2,16-3)7-13-9-8(10(14)15)5-4-6-12-9/h4-6H,7H2,1-3H3,(H,12,13)(H,14,15). The van der Waals surface area contributed by atoms with Crippen molar-refractivity contribution >= 4 is 23.5 Å². The van der Waals surface area contributed by atoms with Gasteiger partial charge in [-0.15, -0.1) is 0 Å². The van der Waals surface area contributed by atoms with Crippen LogP contribution in [0.2, 0.25) is 0 Å². The van der Waals surface area contributed by atoms with E-state index >= 15 is 0 Å². The smallest absolute Gasteiger partial charge is 0.339 e. The average Bonchev–Trinajstić information content (AvgIpc) is 2.27. The van der Waals surface area contributed by atoms with Gasteiger partial charge in [-0.25, -0.2) is 9.78 Å². The predicted molar refractivity (Wildman–Crippen MR) is 67.3 cm³/mol. The first-order chi connectivity index (χ1) is 7.46. The van der Waals surface area contributed by atoms with E-state index in [4.69, 9.17) is 5.11 Å². The number of aromatic carboxylic acids is 1. The van der Waals surface area contributed by atoms with E-state index in [0.717, 1.165) is 0 Å². The molecule has 0 aliphatic carbocycles. The maximum Gasteiger partial charge on any atom is 0.339 e. The van der Waals surface area contributed by atoms with Gasteiger partial charge in [0.1, 0.15) is 11.4 Å². The molecule has 1 heterocycles. The molecule has 2 N–H and O–H groups in total. The lowest BCUT2D eigenvalue weighted by Crippen LogP contribution is -2.27. The van der Waals surface area contributed by atoms with Gasteiger partial charge in [-0.2, -0.15) is 11.8 Å². The van der Waals surface area contributed by atoms with Gasteiger partial charge >= 0.3 is 5.97 Å². The van der Waals surface area contributed by atoms with Crippen molar-refractivity contribution in [1.82, 2.24) is 4.98 Å². The van der Waals surface area contributed by atoms with Gasteiger partial charge in [0.15, 0.2) is 0 Å². The lowest BCUT2D eigenvalue weighted by Gasteiger charge is -2.22. The van der Waals surface area contributed by atoms with Crippen LogP contribution in [-0.2, 0) is 0 Å². The van der Waals surface area contributed by atoms with Crippen molar-refractivity contribution in [2.45, 2.75) is 18.6 Å². The molecular formula is C11H16N2O2S. The number of hydrogen-bond donors (Lipinski definition) is 2. The van der Waals surface area contributed by atoms with Gasteiger partial charge < -0.3 is 10.4 Å². The van der Waals surface area contributed by atoms with Crippen LogP contribution in [0.15, 0.2) is 18.3 Å². The first kappa shape index (κ1) is 12.8. The molecule has 0 fully saturated rings. The third kappa shape index (κ3) is 3.41. The third-order valence-corrected chi connectivity index (χ3v) is 3.52. The Labute approximate surface area is 99.5 Å². The summed E-state index contributed by atoms with van der Waals surface area (Å²) in [5, 5.41) is 12.0. The Hall–Kier alpha value is -1.23. The van der Waals surface area contributed by atoms with Gasteiger partial charge in [0.25, 0.3) is 0 Å². The van der Waals surface area contributed by atoms with E-state index in [1.54, 1.807) is 30.1 Å². The van der Waals surface area contributed by atoms with E-state index in [0.29, 0.717) is 12.4 Å². The van der Waals surface area contributed by atoms with Crippen molar-refractivity contribution in [3.8, 4) is 0 Å². The fourth-order valence-electron chi connectivity index (χ4n) is 1.09. The topological polar surface area (TPSA) is 62.2 Å². The SMILES string of the molecule is CSC(C)(C)CNc1ncccc1C(=O)O. The van der Waals surface area contributed by atoms with E-state index < -0.39 is 5.97 Å². The van der Waals surface area contributed by atoms with E-state index in [-0.39, 0.29) is 10.3 Å². The van der Waals surface area contributed by atoms with Crippen LogP contribution < -0.4 is 5.32 Å². The number of carboxylic acid groups (broad SMARTS) is 1. The van der Waals surface area contributed by atoms with Gasteiger partial charge in [0, 0.05) is 17.5 Å². The first-order valence-electron chi connectivity index (χ1n) is 4.93. The normalized spacial score (nSPS) is 11.2. The summed E-state index contributed by atoms with van der Waals surface area (Å²) >= 11 is 1.72. The monoisotopic (exact) mass is 240 g/mol. The molecule has 0 saturated carbocycles. The molecule has 1 rings (SSSR count). The summed E-state index contributed by atoms with van der Waals surface area (Å²) in [7, 11) is 0. The molecule has 5 heteroatoms. The summed E-state index contributed by atoms with van der Waals surface area (Å²) in [5.74, 6) is -0.533. The molecule has 0 atom stereocenters. The molecule has 1 aromatic heterocycles. The van der Waals surface area contributed by atoms with E-state index in [1.807, 2.05) is 6.26 Å². The number of carboxylic acids is 1. The van der Waals surface area contributed by atoms with E-state index in [2.05, 4.69) is 24.1 Å². The lowest BCUT2D eigenvalue weighted by atomic mass is 10.2. The van der Waals surface area contributed by atoms with Crippen LogP contribution in [0.5, 0.6) is 0 Å². The van der Waals surface area contributed by atoms with Crippen molar-refractivity contribution < 1.29 is 9.90 Å². The lowest BCUT2D eigenvalue weighted by molar-refractivity contribution is 0.0697. The highest BCUT2D eigenvalue weighted by atomic mass is 32.2. The molecule has 1 aromatic rings. The molecular weight excluding hydrogens is 224 g/mol. The number of nitrogens with zero attached hydrogens (tertiary/aromatic N) is 1. The second kappa shape index (κ2) is 5.21. The highest BCUT2D eigenvalue weighted by Gasteiger charge is 2.17. The highest BCUT2D eigenvalue weighted by molar-refractivity contribution is 7.99. The number of thioether (sulfide) groups is 1. The zero-order valence-corrected chi connectivity index (χ0v) is 10.5. The molecule has 0 saturated heterocycles. The largest absolute Gasteiger partial charge is 0.478 e. The fraction of sp³-hybridized carbons (Fsp3) is 0.455. The van der Waals surface area contributed by atoms with Crippen molar-refractivity contribution in [2.24, 2.45) is 0 Å². The Kier molecular flexibility index (Phi) is 4.18. The van der Waals surface area contributed by atoms with Gasteiger partial charge in [0.05, 0.1) is 0 Å². The molecule has 0 amide bonds. The van der Waals surface area contributed by atoms with Gasteiger partial charge in [-0.1, -0.05) is 0 Å². The number of hydrogen-bond acceptors (Lipinski definition) is 4. The average molecular weight is 240 g/mol. The molecule has 0 aliphatic rings. The second-order valence-corrected chi connectivity index (χ2v) is 5.54. The Balaban J connectivity index is 2.78. The number of anilines is 1. The molecule has 0 spiro atoms. The van der Waals surface area contributed by atoms with Gasteiger partial charge in [-0.05, 0) is 32.2 Å².